The minimum absolute atomic E-state index is 0.203. The van der Waals surface area contributed by atoms with Gasteiger partial charge in [0.2, 0.25) is 0 Å². The molecule has 0 radical (unpaired) electrons. The minimum atomic E-state index is -0.398. The third-order valence-electron chi connectivity index (χ3n) is 11.9. The fourth-order valence-electron chi connectivity index (χ4n) is 9.40. The molecule has 0 fully saturated rings. The molecule has 2 aromatic heterocycles. The number of pyridine rings is 2. The molecule has 9 aromatic rings. The standard InChI is InChI=1S/C54H36N2O/c1-34-28-39(36-26-27-44-43-20-7-11-24-48(43)54(49(44)30-36)46-22-9-5-18-41(46)42-19-6-10-23-47(42)54)31-50(55-34)37-16-13-17-38(29-37)51-32-40(35-14-3-2-4-15-35)33-52(56-51)45-21-8-12-25-53(45)57/h2-33,57H,1H3. The number of phenolic OH excluding ortho intramolecular Hbond substituents is 1. The van der Waals surface area contributed by atoms with E-state index in [4.69, 9.17) is 9.97 Å². The van der Waals surface area contributed by atoms with Crippen molar-refractivity contribution in [3.05, 3.63) is 222 Å². The Balaban J connectivity index is 1.04. The molecule has 0 aliphatic heterocycles. The number of benzene rings is 7. The van der Waals surface area contributed by atoms with Gasteiger partial charge in [-0.25, -0.2) is 4.98 Å². The van der Waals surface area contributed by atoms with E-state index in [2.05, 4.69) is 153 Å². The van der Waals surface area contributed by atoms with Gasteiger partial charge in [-0.15, -0.1) is 0 Å². The molecule has 0 saturated heterocycles. The third-order valence-corrected chi connectivity index (χ3v) is 11.9. The van der Waals surface area contributed by atoms with Crippen molar-refractivity contribution in [2.75, 3.05) is 0 Å². The molecule has 0 bridgehead atoms. The number of aryl methyl sites for hydroxylation is 1. The van der Waals surface area contributed by atoms with Crippen LogP contribution in [0.15, 0.2) is 194 Å². The van der Waals surface area contributed by atoms with Crippen molar-refractivity contribution in [3.63, 3.8) is 0 Å². The summed E-state index contributed by atoms with van der Waals surface area (Å²) in [5.74, 6) is 0.203. The number of hydrogen-bond donors (Lipinski definition) is 1. The summed E-state index contributed by atoms with van der Waals surface area (Å²) in [6.07, 6.45) is 0. The van der Waals surface area contributed by atoms with Crippen LogP contribution in [-0.2, 0) is 5.41 Å². The average Bonchev–Trinajstić information content (AvgIpc) is 3.74. The fraction of sp³-hybridized carbons (Fsp3) is 0.0370. The van der Waals surface area contributed by atoms with E-state index in [1.54, 1.807) is 6.07 Å². The van der Waals surface area contributed by atoms with Crippen molar-refractivity contribution in [3.8, 4) is 84.0 Å². The van der Waals surface area contributed by atoms with Gasteiger partial charge in [0, 0.05) is 22.4 Å². The molecule has 0 amide bonds. The zero-order chi connectivity index (χ0) is 38.1. The Kier molecular flexibility index (Phi) is 7.45. The molecule has 7 aromatic carbocycles. The maximum atomic E-state index is 10.8. The normalized spacial score (nSPS) is 12.9. The van der Waals surface area contributed by atoms with E-state index in [9.17, 15) is 5.11 Å². The molecule has 1 N–H and O–H groups in total. The summed E-state index contributed by atoms with van der Waals surface area (Å²) >= 11 is 0. The molecule has 3 nitrogen and oxygen atoms in total. The predicted molar refractivity (Wildman–Crippen MR) is 232 cm³/mol. The van der Waals surface area contributed by atoms with Gasteiger partial charge in [-0.3, -0.25) is 4.98 Å². The molecule has 268 valence electrons. The second kappa shape index (κ2) is 12.9. The smallest absolute Gasteiger partial charge is 0.124 e. The summed E-state index contributed by atoms with van der Waals surface area (Å²) in [5, 5.41) is 10.8. The number of para-hydroxylation sites is 1. The van der Waals surface area contributed by atoms with Crippen molar-refractivity contribution in [2.24, 2.45) is 0 Å². The lowest BCUT2D eigenvalue weighted by molar-refractivity contribution is 0.477. The predicted octanol–water partition coefficient (Wildman–Crippen LogP) is 13.2. The molecule has 0 unspecified atom stereocenters. The Morgan fingerprint density at radius 2 is 0.825 bits per heavy atom. The second-order valence-corrected chi connectivity index (χ2v) is 15.1. The van der Waals surface area contributed by atoms with Crippen molar-refractivity contribution < 1.29 is 5.11 Å². The van der Waals surface area contributed by atoms with Crippen LogP contribution in [0.4, 0.5) is 0 Å². The van der Waals surface area contributed by atoms with Gasteiger partial charge in [-0.05, 0) is 122 Å². The highest BCUT2D eigenvalue weighted by Crippen LogP contribution is 2.63. The summed E-state index contributed by atoms with van der Waals surface area (Å²) in [6, 6.07) is 68.7. The van der Waals surface area contributed by atoms with Crippen LogP contribution < -0.4 is 0 Å². The van der Waals surface area contributed by atoms with Crippen molar-refractivity contribution in [1.29, 1.82) is 0 Å². The molecule has 2 aliphatic carbocycles. The molecular weight excluding hydrogens is 693 g/mol. The van der Waals surface area contributed by atoms with Crippen molar-refractivity contribution >= 4 is 0 Å². The van der Waals surface area contributed by atoms with Gasteiger partial charge in [0.05, 0.1) is 22.5 Å². The maximum absolute atomic E-state index is 10.8. The Hall–Kier alpha value is -7.36. The first-order valence-corrected chi connectivity index (χ1v) is 19.5. The van der Waals surface area contributed by atoms with E-state index in [1.807, 2.05) is 42.5 Å². The van der Waals surface area contributed by atoms with Crippen LogP contribution in [0.25, 0.3) is 78.3 Å². The van der Waals surface area contributed by atoms with E-state index in [0.29, 0.717) is 5.56 Å². The topological polar surface area (TPSA) is 46.0 Å². The highest BCUT2D eigenvalue weighted by Gasteiger charge is 2.51. The van der Waals surface area contributed by atoms with Crippen LogP contribution in [0, 0.1) is 6.92 Å². The van der Waals surface area contributed by atoms with E-state index in [0.717, 1.165) is 56.2 Å². The third kappa shape index (κ3) is 5.13. The summed E-state index contributed by atoms with van der Waals surface area (Å²) < 4.78 is 0. The number of nitrogens with zero attached hydrogens (tertiary/aromatic N) is 2. The van der Waals surface area contributed by atoms with E-state index >= 15 is 0 Å². The number of phenols is 1. The molecule has 3 heteroatoms. The van der Waals surface area contributed by atoms with Crippen LogP contribution in [0.1, 0.15) is 27.9 Å². The van der Waals surface area contributed by atoms with Crippen LogP contribution in [0.5, 0.6) is 5.75 Å². The van der Waals surface area contributed by atoms with Gasteiger partial charge in [-0.1, -0.05) is 146 Å². The first-order chi connectivity index (χ1) is 28.1. The molecule has 2 aliphatic rings. The number of aromatic nitrogens is 2. The maximum Gasteiger partial charge on any atom is 0.124 e. The van der Waals surface area contributed by atoms with Crippen molar-refractivity contribution in [2.45, 2.75) is 12.3 Å². The quantitative estimate of drug-likeness (QED) is 0.192. The first-order valence-electron chi connectivity index (χ1n) is 19.5. The van der Waals surface area contributed by atoms with Gasteiger partial charge in [0.25, 0.3) is 0 Å². The molecule has 57 heavy (non-hydrogen) atoms. The van der Waals surface area contributed by atoms with E-state index in [1.165, 1.54) is 44.5 Å². The minimum Gasteiger partial charge on any atom is -0.507 e. The van der Waals surface area contributed by atoms with Crippen LogP contribution in [0.3, 0.4) is 0 Å². The monoisotopic (exact) mass is 728 g/mol. The van der Waals surface area contributed by atoms with Gasteiger partial charge >= 0.3 is 0 Å². The number of hydrogen-bond acceptors (Lipinski definition) is 3. The number of rotatable bonds is 5. The molecule has 2 heterocycles. The molecule has 0 atom stereocenters. The average molecular weight is 729 g/mol. The lowest BCUT2D eigenvalue weighted by Crippen LogP contribution is -2.25. The zero-order valence-corrected chi connectivity index (χ0v) is 31.3. The van der Waals surface area contributed by atoms with Gasteiger partial charge in [0.1, 0.15) is 5.75 Å². The summed E-state index contributed by atoms with van der Waals surface area (Å²) in [4.78, 5) is 10.2. The van der Waals surface area contributed by atoms with Gasteiger partial charge in [0.15, 0.2) is 0 Å². The molecule has 0 saturated carbocycles. The number of aromatic hydroxyl groups is 1. The Morgan fingerprint density at radius 3 is 1.46 bits per heavy atom. The van der Waals surface area contributed by atoms with Gasteiger partial charge in [-0.2, -0.15) is 0 Å². The zero-order valence-electron chi connectivity index (χ0n) is 31.3. The SMILES string of the molecule is Cc1cc(-c2ccc3c(c2)C2(c4ccccc4-c4ccccc42)c2ccccc2-3)cc(-c2cccc(-c3cc(-c4ccccc4)cc(-c4ccccc4O)n3)c2)n1. The second-order valence-electron chi connectivity index (χ2n) is 15.1. The Labute approximate surface area is 332 Å². The summed E-state index contributed by atoms with van der Waals surface area (Å²) in [5.41, 5.74) is 20.6. The largest absolute Gasteiger partial charge is 0.507 e. The first kappa shape index (κ1) is 33.0. The van der Waals surface area contributed by atoms with Crippen LogP contribution in [-0.4, -0.2) is 15.1 Å². The van der Waals surface area contributed by atoms with E-state index < -0.39 is 5.41 Å². The van der Waals surface area contributed by atoms with E-state index in [-0.39, 0.29) is 5.75 Å². The lowest BCUT2D eigenvalue weighted by Gasteiger charge is -2.30. The summed E-state index contributed by atoms with van der Waals surface area (Å²) in [7, 11) is 0. The Morgan fingerprint density at radius 1 is 0.333 bits per heavy atom. The van der Waals surface area contributed by atoms with Gasteiger partial charge < -0.3 is 5.11 Å². The Bertz CT molecular complexity index is 2990. The molecular formula is C54H36N2O. The molecule has 1 spiro atoms. The van der Waals surface area contributed by atoms with Crippen LogP contribution >= 0.6 is 0 Å². The highest BCUT2D eigenvalue weighted by atomic mass is 16.3. The lowest BCUT2D eigenvalue weighted by atomic mass is 9.70. The molecule has 11 rings (SSSR count). The highest BCUT2D eigenvalue weighted by molar-refractivity contribution is 5.96. The van der Waals surface area contributed by atoms with Crippen molar-refractivity contribution in [1.82, 2.24) is 9.97 Å². The number of fused-ring (bicyclic) bond motifs is 10. The summed E-state index contributed by atoms with van der Waals surface area (Å²) in [6.45, 7) is 2.08. The van der Waals surface area contributed by atoms with Crippen LogP contribution in [0.2, 0.25) is 0 Å². The fourth-order valence-corrected chi connectivity index (χ4v) is 9.40.